The number of oxazole rings is 1. The molecule has 0 aliphatic rings. The van der Waals surface area contributed by atoms with Crippen molar-refractivity contribution in [3.8, 4) is 0 Å². The van der Waals surface area contributed by atoms with Crippen LogP contribution < -0.4 is 0 Å². The van der Waals surface area contributed by atoms with Gasteiger partial charge in [-0.1, -0.05) is 11.8 Å². The molecule has 0 aliphatic carbocycles. The molecule has 0 radical (unpaired) electrons. The van der Waals surface area contributed by atoms with Gasteiger partial charge in [-0.05, 0) is 6.92 Å². The summed E-state index contributed by atoms with van der Waals surface area (Å²) >= 11 is 1.02. The molecule has 0 aromatic carbocycles. The van der Waals surface area contributed by atoms with Crippen LogP contribution in [-0.4, -0.2) is 22.1 Å². The maximum atomic E-state index is 12.5. The molecule has 18 heavy (non-hydrogen) atoms. The summed E-state index contributed by atoms with van der Waals surface area (Å²) in [4.78, 5) is 3.96. The molecule has 0 fully saturated rings. The number of ether oxygens (including phenoxy) is 1. The lowest BCUT2D eigenvalue weighted by Gasteiger charge is -2.02. The van der Waals surface area contributed by atoms with Crippen LogP contribution in [0.15, 0.2) is 27.8 Å². The van der Waals surface area contributed by atoms with Gasteiger partial charge in [0.25, 0.3) is 5.22 Å². The minimum atomic E-state index is -2.30. The first kappa shape index (κ1) is 15.1. The molecule has 1 aromatic heterocycles. The van der Waals surface area contributed by atoms with Gasteiger partial charge >= 0.3 is 6.08 Å². The van der Waals surface area contributed by atoms with Crippen LogP contribution in [0.25, 0.3) is 0 Å². The van der Waals surface area contributed by atoms with Crippen molar-refractivity contribution in [2.24, 2.45) is 0 Å². The van der Waals surface area contributed by atoms with Gasteiger partial charge in [0.2, 0.25) is 0 Å². The van der Waals surface area contributed by atoms with Crippen LogP contribution in [0.5, 0.6) is 0 Å². The van der Waals surface area contributed by atoms with Crippen molar-refractivity contribution in [1.82, 2.24) is 4.98 Å². The summed E-state index contributed by atoms with van der Waals surface area (Å²) in [6.45, 7) is 1.53. The molecule has 0 saturated carbocycles. The highest BCUT2D eigenvalue weighted by Crippen LogP contribution is 2.22. The van der Waals surface area contributed by atoms with Crippen molar-refractivity contribution in [2.75, 3.05) is 5.75 Å². The molecule has 1 aromatic rings. The fourth-order valence-electron chi connectivity index (χ4n) is 0.949. The number of thioether (sulfide) groups is 1. The predicted octanol–water partition coefficient (Wildman–Crippen LogP) is 3.09. The number of allylic oxidation sites excluding steroid dienone is 1. The fourth-order valence-corrected chi connectivity index (χ4v) is 1.70. The molecule has 8 heteroatoms. The van der Waals surface area contributed by atoms with Gasteiger partial charge in [0.05, 0.1) is 6.61 Å². The Kier molecular flexibility index (Phi) is 6.23. The van der Waals surface area contributed by atoms with Crippen molar-refractivity contribution >= 4 is 11.8 Å². The molecule has 1 N–H and O–H groups in total. The lowest BCUT2D eigenvalue weighted by atomic mass is 10.4. The highest BCUT2D eigenvalue weighted by molar-refractivity contribution is 7.99. The lowest BCUT2D eigenvalue weighted by molar-refractivity contribution is -0.0949. The Morgan fingerprint density at radius 1 is 1.56 bits per heavy atom. The van der Waals surface area contributed by atoms with Gasteiger partial charge in [-0.25, -0.2) is 9.37 Å². The van der Waals surface area contributed by atoms with E-state index in [-0.39, 0.29) is 24.0 Å². The minimum Gasteiger partial charge on any atom is -0.440 e. The number of hydrogen-bond acceptors (Lipinski definition) is 5. The maximum Gasteiger partial charge on any atom is 0.301 e. The van der Waals surface area contributed by atoms with E-state index in [4.69, 9.17) is 14.3 Å². The van der Waals surface area contributed by atoms with E-state index in [1.165, 1.54) is 13.2 Å². The normalized spacial score (nSPS) is 12.5. The average Bonchev–Trinajstić information content (AvgIpc) is 2.74. The third-order valence-electron chi connectivity index (χ3n) is 1.76. The second-order valence-corrected chi connectivity index (χ2v) is 4.33. The maximum absolute atomic E-state index is 12.5. The summed E-state index contributed by atoms with van der Waals surface area (Å²) in [5.74, 6) is -1.33. The number of rotatable bonds is 7. The van der Waals surface area contributed by atoms with E-state index in [2.05, 4.69) is 4.98 Å². The Morgan fingerprint density at radius 2 is 2.28 bits per heavy atom. The molecule has 0 spiro atoms. The zero-order valence-electron chi connectivity index (χ0n) is 9.53. The van der Waals surface area contributed by atoms with Gasteiger partial charge < -0.3 is 14.3 Å². The Bertz CT molecular complexity index is 405. The van der Waals surface area contributed by atoms with Crippen LogP contribution in [0.4, 0.5) is 13.2 Å². The highest BCUT2D eigenvalue weighted by atomic mass is 32.2. The molecule has 0 bridgehead atoms. The van der Waals surface area contributed by atoms with Crippen LogP contribution in [-0.2, 0) is 11.3 Å². The molecular formula is C10H12F3NO3S. The predicted molar refractivity (Wildman–Crippen MR) is 58.7 cm³/mol. The molecule has 0 aliphatic heterocycles. The topological polar surface area (TPSA) is 55.5 Å². The second kappa shape index (κ2) is 7.45. The lowest BCUT2D eigenvalue weighted by Crippen LogP contribution is -2.05. The summed E-state index contributed by atoms with van der Waals surface area (Å²) in [6, 6.07) is 0. The molecule has 1 atom stereocenters. The zero-order chi connectivity index (χ0) is 13.5. The van der Waals surface area contributed by atoms with Gasteiger partial charge in [0.1, 0.15) is 12.0 Å². The second-order valence-electron chi connectivity index (χ2n) is 3.28. The van der Waals surface area contributed by atoms with Crippen LogP contribution in [0.3, 0.4) is 0 Å². The number of hydrogen-bond donors (Lipinski definition) is 1. The summed E-state index contributed by atoms with van der Waals surface area (Å²) in [6.07, 6.45) is -2.26. The fraction of sp³-hybridized carbons (Fsp3) is 0.500. The molecule has 4 nitrogen and oxygen atoms in total. The summed E-state index contributed by atoms with van der Waals surface area (Å²) in [5.41, 5.74) is 0.464. The van der Waals surface area contributed by atoms with E-state index in [1.807, 2.05) is 0 Å². The molecule has 1 unspecified atom stereocenters. The first-order valence-corrected chi connectivity index (χ1v) is 6.04. The van der Waals surface area contributed by atoms with Gasteiger partial charge in [-0.2, -0.15) is 8.78 Å². The van der Waals surface area contributed by atoms with Crippen molar-refractivity contribution in [1.29, 1.82) is 0 Å². The number of nitrogens with zero attached hydrogens (tertiary/aromatic N) is 1. The third kappa shape index (κ3) is 5.56. The molecule has 0 saturated heterocycles. The first-order valence-electron chi connectivity index (χ1n) is 5.05. The van der Waals surface area contributed by atoms with Crippen LogP contribution in [0, 0.1) is 0 Å². The van der Waals surface area contributed by atoms with Crippen molar-refractivity contribution in [3.63, 3.8) is 0 Å². The minimum absolute atomic E-state index is 0.0785. The monoisotopic (exact) mass is 283 g/mol. The standard InChI is InChI=1S/C10H12F3NO3S/c1-6(15)16-4-7-5-17-10(14-7)18-3-2-8(11)9(12)13/h5-6,15H,2-4H2,1H3. The largest absolute Gasteiger partial charge is 0.440 e. The molecule has 1 heterocycles. The molecule has 1 rings (SSSR count). The Morgan fingerprint density at radius 3 is 2.89 bits per heavy atom. The van der Waals surface area contributed by atoms with E-state index in [0.717, 1.165) is 11.8 Å². The third-order valence-corrected chi connectivity index (χ3v) is 2.60. The number of aromatic nitrogens is 1. The number of aliphatic hydroxyl groups excluding tert-OH is 1. The van der Waals surface area contributed by atoms with Crippen LogP contribution >= 0.6 is 11.8 Å². The average molecular weight is 283 g/mol. The first-order chi connectivity index (χ1) is 8.49. The number of aliphatic hydroxyl groups is 1. The Hall–Kier alpha value is -0.990. The summed E-state index contributed by atoms with van der Waals surface area (Å²) < 4.78 is 45.8. The zero-order valence-corrected chi connectivity index (χ0v) is 10.3. The van der Waals surface area contributed by atoms with E-state index in [1.54, 1.807) is 0 Å². The Balaban J connectivity index is 2.33. The highest BCUT2D eigenvalue weighted by Gasteiger charge is 2.09. The van der Waals surface area contributed by atoms with E-state index >= 15 is 0 Å². The van der Waals surface area contributed by atoms with E-state index in [9.17, 15) is 13.2 Å². The summed E-state index contributed by atoms with van der Waals surface area (Å²) in [7, 11) is 0. The molecular weight excluding hydrogens is 271 g/mol. The van der Waals surface area contributed by atoms with Crippen molar-refractivity contribution in [2.45, 2.75) is 31.5 Å². The molecule has 0 amide bonds. The van der Waals surface area contributed by atoms with E-state index in [0.29, 0.717) is 5.69 Å². The molecule has 102 valence electrons. The van der Waals surface area contributed by atoms with Crippen LogP contribution in [0.1, 0.15) is 19.0 Å². The van der Waals surface area contributed by atoms with Gasteiger partial charge in [-0.15, -0.1) is 0 Å². The smallest absolute Gasteiger partial charge is 0.301 e. The van der Waals surface area contributed by atoms with Crippen molar-refractivity contribution < 1.29 is 27.4 Å². The Labute approximate surface area is 106 Å². The quantitative estimate of drug-likeness (QED) is 0.615. The number of halogens is 3. The van der Waals surface area contributed by atoms with E-state index < -0.39 is 18.2 Å². The van der Waals surface area contributed by atoms with Gasteiger partial charge in [0.15, 0.2) is 12.1 Å². The van der Waals surface area contributed by atoms with Gasteiger partial charge in [0, 0.05) is 12.2 Å². The van der Waals surface area contributed by atoms with Crippen molar-refractivity contribution in [3.05, 3.63) is 23.9 Å². The SMILES string of the molecule is CC(O)OCc1coc(SCCC(F)=C(F)F)n1. The summed E-state index contributed by atoms with van der Waals surface area (Å²) in [5, 5.41) is 9.11. The van der Waals surface area contributed by atoms with Gasteiger partial charge in [-0.3, -0.25) is 0 Å². The van der Waals surface area contributed by atoms with Crippen LogP contribution in [0.2, 0.25) is 0 Å².